The van der Waals surface area contributed by atoms with Gasteiger partial charge >= 0.3 is 0 Å². The van der Waals surface area contributed by atoms with Crippen molar-refractivity contribution < 1.29 is 14.8 Å². The third-order valence-electron chi connectivity index (χ3n) is 3.59. The fraction of sp³-hybridized carbons (Fsp3) is 0.500. The van der Waals surface area contributed by atoms with E-state index in [1.807, 2.05) is 0 Å². The molecule has 7 heteroatoms. The van der Waals surface area contributed by atoms with Crippen molar-refractivity contribution in [3.63, 3.8) is 0 Å². The van der Waals surface area contributed by atoms with E-state index in [0.29, 0.717) is 37.2 Å². The number of nitro benzene ring substituents is 1. The van der Waals surface area contributed by atoms with Crippen LogP contribution in [0.2, 0.25) is 0 Å². The van der Waals surface area contributed by atoms with Gasteiger partial charge in [-0.2, -0.15) is 0 Å². The van der Waals surface area contributed by atoms with E-state index in [9.17, 15) is 20.0 Å². The number of hydrogen-bond donors (Lipinski definition) is 2. The van der Waals surface area contributed by atoms with E-state index in [-0.39, 0.29) is 11.6 Å². The summed E-state index contributed by atoms with van der Waals surface area (Å²) < 4.78 is 0. The van der Waals surface area contributed by atoms with Crippen LogP contribution in [0.3, 0.4) is 0 Å². The number of anilines is 2. The number of hydrogen-bond acceptors (Lipinski definition) is 5. The summed E-state index contributed by atoms with van der Waals surface area (Å²) in [6.45, 7) is 2.20. The molecule has 0 saturated carbocycles. The molecule has 1 unspecified atom stereocenters. The lowest BCUT2D eigenvalue weighted by atomic mass is 10.0. The number of amides is 1. The summed E-state index contributed by atoms with van der Waals surface area (Å²) in [7, 11) is 1.76. The number of aryl methyl sites for hydroxylation is 1. The minimum absolute atomic E-state index is 0.0379. The van der Waals surface area contributed by atoms with Gasteiger partial charge in [0.1, 0.15) is 5.69 Å². The van der Waals surface area contributed by atoms with Crippen molar-refractivity contribution in [1.29, 1.82) is 0 Å². The summed E-state index contributed by atoms with van der Waals surface area (Å²) >= 11 is 0. The molecular weight excluding hydrogens is 274 g/mol. The van der Waals surface area contributed by atoms with Gasteiger partial charge in [0.25, 0.3) is 5.69 Å². The number of fused-ring (bicyclic) bond motifs is 1. The predicted octanol–water partition coefficient (Wildman–Crippen LogP) is 1.69. The number of carbonyl (C=O) groups excluding carboxylic acids is 1. The van der Waals surface area contributed by atoms with Crippen LogP contribution in [-0.2, 0) is 11.2 Å². The van der Waals surface area contributed by atoms with E-state index in [1.165, 1.54) is 6.07 Å². The van der Waals surface area contributed by atoms with Crippen molar-refractivity contribution >= 4 is 23.0 Å². The van der Waals surface area contributed by atoms with Gasteiger partial charge in [-0.25, -0.2) is 0 Å². The van der Waals surface area contributed by atoms with Crippen LogP contribution in [0, 0.1) is 10.1 Å². The predicted molar refractivity (Wildman–Crippen MR) is 79.6 cm³/mol. The molecule has 1 aliphatic heterocycles. The van der Waals surface area contributed by atoms with Gasteiger partial charge < -0.3 is 15.3 Å². The molecule has 114 valence electrons. The molecule has 2 N–H and O–H groups in total. The number of aliphatic hydroxyl groups excluding tert-OH is 1. The normalized spacial score (nSPS) is 15.1. The summed E-state index contributed by atoms with van der Waals surface area (Å²) in [6, 6.07) is 3.18. The first-order valence-electron chi connectivity index (χ1n) is 6.89. The number of aliphatic hydroxyl groups is 1. The molecule has 1 amide bonds. The zero-order valence-corrected chi connectivity index (χ0v) is 12.1. The van der Waals surface area contributed by atoms with Gasteiger partial charge in [-0.3, -0.25) is 14.9 Å². The Hall–Kier alpha value is -2.15. The molecule has 0 aliphatic carbocycles. The zero-order valence-electron chi connectivity index (χ0n) is 12.1. The topological polar surface area (TPSA) is 95.7 Å². The molecule has 0 radical (unpaired) electrons. The van der Waals surface area contributed by atoms with Gasteiger partial charge in [0, 0.05) is 26.1 Å². The summed E-state index contributed by atoms with van der Waals surface area (Å²) in [5, 5.41) is 23.3. The van der Waals surface area contributed by atoms with E-state index < -0.39 is 11.0 Å². The lowest BCUT2D eigenvalue weighted by Gasteiger charge is -2.23. The Morgan fingerprint density at radius 1 is 1.48 bits per heavy atom. The summed E-state index contributed by atoms with van der Waals surface area (Å²) in [6.07, 6.45) is 1.04. The average Bonchev–Trinajstić information content (AvgIpc) is 2.43. The molecule has 7 nitrogen and oxygen atoms in total. The third-order valence-corrected chi connectivity index (χ3v) is 3.59. The number of nitro groups is 1. The lowest BCUT2D eigenvalue weighted by Crippen LogP contribution is -2.24. The fourth-order valence-corrected chi connectivity index (χ4v) is 2.36. The molecule has 21 heavy (non-hydrogen) atoms. The number of carbonyl (C=O) groups is 1. The Labute approximate surface area is 122 Å². The van der Waals surface area contributed by atoms with E-state index >= 15 is 0 Å². The molecule has 1 aromatic rings. The molecule has 0 spiro atoms. The summed E-state index contributed by atoms with van der Waals surface area (Å²) in [4.78, 5) is 23.9. The molecule has 0 bridgehead atoms. The Kier molecular flexibility index (Phi) is 4.42. The maximum atomic E-state index is 11.4. The molecule has 0 fully saturated rings. The van der Waals surface area contributed by atoms with Crippen molar-refractivity contribution in [2.45, 2.75) is 32.3 Å². The second kappa shape index (κ2) is 6.09. The van der Waals surface area contributed by atoms with Crippen molar-refractivity contribution in [2.75, 3.05) is 23.8 Å². The average molecular weight is 293 g/mol. The van der Waals surface area contributed by atoms with Crippen LogP contribution in [-0.4, -0.2) is 35.6 Å². The largest absolute Gasteiger partial charge is 0.393 e. The van der Waals surface area contributed by atoms with E-state index in [4.69, 9.17) is 0 Å². The van der Waals surface area contributed by atoms with Crippen LogP contribution >= 0.6 is 0 Å². The van der Waals surface area contributed by atoms with Crippen molar-refractivity contribution in [1.82, 2.24) is 0 Å². The highest BCUT2D eigenvalue weighted by atomic mass is 16.6. The number of rotatable bonds is 5. The SMILES string of the molecule is CC(O)CCN(C)c1cc2c(cc1[N+](=O)[O-])NC(=O)CC2. The Balaban J connectivity index is 2.35. The van der Waals surface area contributed by atoms with Crippen molar-refractivity contribution in [2.24, 2.45) is 0 Å². The van der Waals surface area contributed by atoms with Gasteiger partial charge in [-0.1, -0.05) is 0 Å². The van der Waals surface area contributed by atoms with Crippen LogP contribution in [0.4, 0.5) is 17.1 Å². The van der Waals surface area contributed by atoms with Crippen LogP contribution in [0.15, 0.2) is 12.1 Å². The van der Waals surface area contributed by atoms with Crippen LogP contribution in [0.5, 0.6) is 0 Å². The first-order chi connectivity index (χ1) is 9.88. The lowest BCUT2D eigenvalue weighted by molar-refractivity contribution is -0.384. The van der Waals surface area contributed by atoms with Gasteiger partial charge in [0.05, 0.1) is 16.7 Å². The molecule has 1 atom stereocenters. The third kappa shape index (κ3) is 3.49. The van der Waals surface area contributed by atoms with Gasteiger partial charge in [0.2, 0.25) is 5.91 Å². The zero-order chi connectivity index (χ0) is 15.6. The quantitative estimate of drug-likeness (QED) is 0.636. The maximum absolute atomic E-state index is 11.4. The molecule has 1 aromatic carbocycles. The first kappa shape index (κ1) is 15.2. The second-order valence-corrected chi connectivity index (χ2v) is 5.36. The second-order valence-electron chi connectivity index (χ2n) is 5.36. The Morgan fingerprint density at radius 3 is 2.81 bits per heavy atom. The highest BCUT2D eigenvalue weighted by molar-refractivity contribution is 5.95. The van der Waals surface area contributed by atoms with Crippen LogP contribution < -0.4 is 10.2 Å². The highest BCUT2D eigenvalue weighted by Gasteiger charge is 2.24. The maximum Gasteiger partial charge on any atom is 0.294 e. The number of nitrogens with zero attached hydrogens (tertiary/aromatic N) is 2. The molecule has 1 aliphatic rings. The Morgan fingerprint density at radius 2 is 2.19 bits per heavy atom. The van der Waals surface area contributed by atoms with Crippen LogP contribution in [0.1, 0.15) is 25.3 Å². The van der Waals surface area contributed by atoms with E-state index in [2.05, 4.69) is 5.32 Å². The summed E-state index contributed by atoms with van der Waals surface area (Å²) in [5.74, 6) is -0.119. The Bertz CT molecular complexity index is 572. The number of benzene rings is 1. The van der Waals surface area contributed by atoms with Crippen LogP contribution in [0.25, 0.3) is 0 Å². The van der Waals surface area contributed by atoms with Gasteiger partial charge in [-0.15, -0.1) is 0 Å². The molecule has 2 rings (SSSR count). The molecular formula is C14H19N3O4. The van der Waals surface area contributed by atoms with E-state index in [1.54, 1.807) is 24.9 Å². The highest BCUT2D eigenvalue weighted by Crippen LogP contribution is 2.35. The summed E-state index contributed by atoms with van der Waals surface area (Å²) in [5.41, 5.74) is 1.89. The first-order valence-corrected chi connectivity index (χ1v) is 6.89. The molecule has 1 heterocycles. The molecule has 0 aromatic heterocycles. The van der Waals surface area contributed by atoms with Crippen molar-refractivity contribution in [3.05, 3.63) is 27.8 Å². The standard InChI is InChI=1S/C14H19N3O4/c1-9(18)5-6-16(2)12-7-10-3-4-14(19)15-11(10)8-13(12)17(20)21/h7-9,18H,3-6H2,1-2H3,(H,15,19). The van der Waals surface area contributed by atoms with E-state index in [0.717, 1.165) is 5.56 Å². The number of nitrogens with one attached hydrogen (secondary N) is 1. The smallest absolute Gasteiger partial charge is 0.294 e. The van der Waals surface area contributed by atoms with Gasteiger partial charge in [0.15, 0.2) is 0 Å². The monoisotopic (exact) mass is 293 g/mol. The minimum atomic E-state index is -0.455. The van der Waals surface area contributed by atoms with Gasteiger partial charge in [-0.05, 0) is 31.4 Å². The van der Waals surface area contributed by atoms with Crippen molar-refractivity contribution in [3.8, 4) is 0 Å². The fourth-order valence-electron chi connectivity index (χ4n) is 2.36. The molecule has 0 saturated heterocycles. The minimum Gasteiger partial charge on any atom is -0.393 e.